The number of aromatic nitrogens is 3. The van der Waals surface area contributed by atoms with E-state index >= 15 is 0 Å². The minimum absolute atomic E-state index is 0.124. The van der Waals surface area contributed by atoms with Crippen LogP contribution in [0.1, 0.15) is 36.2 Å². The van der Waals surface area contributed by atoms with Gasteiger partial charge in [-0.3, -0.25) is 20.0 Å². The van der Waals surface area contributed by atoms with Crippen LogP contribution in [0.2, 0.25) is 0 Å². The van der Waals surface area contributed by atoms with E-state index in [0.717, 1.165) is 11.1 Å². The fraction of sp³-hybridized carbons (Fsp3) is 0.304. The van der Waals surface area contributed by atoms with Gasteiger partial charge in [-0.05, 0) is 36.1 Å². The highest BCUT2D eigenvalue weighted by Gasteiger charge is 2.36. The third kappa shape index (κ3) is 4.14. The molecule has 2 heterocycles. The van der Waals surface area contributed by atoms with Gasteiger partial charge in [-0.25, -0.2) is 0 Å². The summed E-state index contributed by atoms with van der Waals surface area (Å²) in [5.74, 6) is 1.08. The largest absolute Gasteiger partial charge is 0.496 e. The molecule has 0 bridgehead atoms. The molecule has 2 N–H and O–H groups in total. The van der Waals surface area contributed by atoms with Gasteiger partial charge < -0.3 is 9.64 Å². The quantitative estimate of drug-likeness (QED) is 0.611. The SMILES string of the molecule is COc1ccccc1-c1nc(NC(=O)[C@H](CC(C)C)N2Cc3ccccc3C2=O)n[nH]1. The molecular formula is C23H25N5O3. The molecule has 1 aliphatic rings. The van der Waals surface area contributed by atoms with Gasteiger partial charge in [-0.2, -0.15) is 4.98 Å². The first kappa shape index (κ1) is 20.6. The van der Waals surface area contributed by atoms with Gasteiger partial charge in [0.05, 0.1) is 12.7 Å². The Labute approximate surface area is 180 Å². The highest BCUT2D eigenvalue weighted by molar-refractivity contribution is 6.03. The van der Waals surface area contributed by atoms with Gasteiger partial charge >= 0.3 is 0 Å². The lowest BCUT2D eigenvalue weighted by molar-refractivity contribution is -0.121. The molecule has 1 aromatic heterocycles. The molecule has 0 saturated heterocycles. The van der Waals surface area contributed by atoms with Gasteiger partial charge in [0.2, 0.25) is 11.9 Å². The van der Waals surface area contributed by atoms with Crippen LogP contribution in [0.4, 0.5) is 5.95 Å². The maximum atomic E-state index is 13.2. The topological polar surface area (TPSA) is 100 Å². The number of carbonyl (C=O) groups excluding carboxylic acids is 2. The van der Waals surface area contributed by atoms with Crippen LogP contribution in [-0.4, -0.2) is 45.0 Å². The van der Waals surface area contributed by atoms with Crippen LogP contribution >= 0.6 is 0 Å². The number of amides is 2. The Balaban J connectivity index is 1.54. The van der Waals surface area contributed by atoms with Crippen molar-refractivity contribution in [3.05, 3.63) is 59.7 Å². The number of benzene rings is 2. The number of para-hydroxylation sites is 1. The number of hydrogen-bond acceptors (Lipinski definition) is 5. The number of nitrogens with zero attached hydrogens (tertiary/aromatic N) is 3. The summed E-state index contributed by atoms with van der Waals surface area (Å²) in [5.41, 5.74) is 2.33. The number of aromatic amines is 1. The molecule has 31 heavy (non-hydrogen) atoms. The summed E-state index contributed by atoms with van der Waals surface area (Å²) in [7, 11) is 1.58. The molecular weight excluding hydrogens is 394 g/mol. The zero-order valence-corrected chi connectivity index (χ0v) is 17.8. The summed E-state index contributed by atoms with van der Waals surface area (Å²) in [6, 6.07) is 14.3. The van der Waals surface area contributed by atoms with E-state index in [1.54, 1.807) is 18.1 Å². The third-order valence-electron chi connectivity index (χ3n) is 5.31. The molecule has 0 unspecified atom stereocenters. The molecule has 8 heteroatoms. The molecule has 4 rings (SSSR count). The number of ether oxygens (including phenoxy) is 1. The number of methoxy groups -OCH3 is 1. The van der Waals surface area contributed by atoms with E-state index in [9.17, 15) is 9.59 Å². The Morgan fingerprint density at radius 3 is 2.58 bits per heavy atom. The van der Waals surface area contributed by atoms with Crippen LogP contribution in [0.5, 0.6) is 5.75 Å². The van der Waals surface area contributed by atoms with Crippen molar-refractivity contribution in [2.45, 2.75) is 32.9 Å². The fourth-order valence-electron chi connectivity index (χ4n) is 3.82. The summed E-state index contributed by atoms with van der Waals surface area (Å²) < 4.78 is 5.36. The van der Waals surface area contributed by atoms with E-state index in [4.69, 9.17) is 4.74 Å². The zero-order valence-electron chi connectivity index (χ0n) is 17.8. The number of carbonyl (C=O) groups is 2. The fourth-order valence-corrected chi connectivity index (χ4v) is 3.82. The van der Waals surface area contributed by atoms with Gasteiger partial charge in [-0.15, -0.1) is 5.10 Å². The molecule has 2 aromatic carbocycles. The Morgan fingerprint density at radius 2 is 1.87 bits per heavy atom. The molecule has 2 amide bonds. The lowest BCUT2D eigenvalue weighted by Gasteiger charge is -2.27. The molecule has 0 radical (unpaired) electrons. The van der Waals surface area contributed by atoms with E-state index in [1.165, 1.54) is 0 Å². The zero-order chi connectivity index (χ0) is 22.0. The van der Waals surface area contributed by atoms with Crippen molar-refractivity contribution in [3.8, 4) is 17.1 Å². The minimum atomic E-state index is -0.617. The summed E-state index contributed by atoms with van der Waals surface area (Å²) in [6.45, 7) is 4.47. The second-order valence-electron chi connectivity index (χ2n) is 7.93. The van der Waals surface area contributed by atoms with Gasteiger partial charge in [0, 0.05) is 12.1 Å². The predicted octanol–water partition coefficient (Wildman–Crippen LogP) is 3.49. The van der Waals surface area contributed by atoms with Crippen LogP contribution in [0.25, 0.3) is 11.4 Å². The van der Waals surface area contributed by atoms with E-state index in [0.29, 0.717) is 30.1 Å². The minimum Gasteiger partial charge on any atom is -0.496 e. The second kappa shape index (κ2) is 8.59. The smallest absolute Gasteiger partial charge is 0.255 e. The average Bonchev–Trinajstić information content (AvgIpc) is 3.36. The summed E-state index contributed by atoms with van der Waals surface area (Å²) in [4.78, 5) is 32.1. The Morgan fingerprint density at radius 1 is 1.16 bits per heavy atom. The first-order chi connectivity index (χ1) is 15.0. The van der Waals surface area contributed by atoms with Crippen LogP contribution < -0.4 is 10.1 Å². The van der Waals surface area contributed by atoms with E-state index in [1.807, 2.05) is 56.3 Å². The normalized spacial score (nSPS) is 13.9. The van der Waals surface area contributed by atoms with Crippen LogP contribution in [0.15, 0.2) is 48.5 Å². The highest BCUT2D eigenvalue weighted by Crippen LogP contribution is 2.29. The molecule has 8 nitrogen and oxygen atoms in total. The number of fused-ring (bicyclic) bond motifs is 1. The number of anilines is 1. The monoisotopic (exact) mass is 419 g/mol. The molecule has 1 atom stereocenters. The van der Waals surface area contributed by atoms with Gasteiger partial charge in [0.25, 0.3) is 5.91 Å². The summed E-state index contributed by atoms with van der Waals surface area (Å²) >= 11 is 0. The maximum Gasteiger partial charge on any atom is 0.255 e. The molecule has 1 aliphatic heterocycles. The first-order valence-corrected chi connectivity index (χ1v) is 10.2. The average molecular weight is 419 g/mol. The van der Waals surface area contributed by atoms with E-state index in [-0.39, 0.29) is 23.7 Å². The first-order valence-electron chi connectivity index (χ1n) is 10.2. The number of nitrogens with one attached hydrogen (secondary N) is 2. The number of rotatable bonds is 7. The Bertz CT molecular complexity index is 1110. The van der Waals surface area contributed by atoms with Crippen LogP contribution in [-0.2, 0) is 11.3 Å². The third-order valence-corrected chi connectivity index (χ3v) is 5.31. The van der Waals surface area contributed by atoms with Gasteiger partial charge in [0.1, 0.15) is 11.8 Å². The van der Waals surface area contributed by atoms with Crippen molar-refractivity contribution in [2.24, 2.45) is 5.92 Å². The van der Waals surface area contributed by atoms with Crippen molar-refractivity contribution in [1.29, 1.82) is 0 Å². The summed E-state index contributed by atoms with van der Waals surface area (Å²) in [6.07, 6.45) is 0.537. The molecule has 160 valence electrons. The van der Waals surface area contributed by atoms with E-state index in [2.05, 4.69) is 20.5 Å². The van der Waals surface area contributed by atoms with Crippen molar-refractivity contribution in [1.82, 2.24) is 20.1 Å². The number of H-pyrrole nitrogens is 1. The Kier molecular flexibility index (Phi) is 5.70. The molecule has 0 fully saturated rings. The van der Waals surface area contributed by atoms with Crippen LogP contribution in [0, 0.1) is 5.92 Å². The predicted molar refractivity (Wildman–Crippen MR) is 117 cm³/mol. The molecule has 0 saturated carbocycles. The van der Waals surface area contributed by atoms with Crippen molar-refractivity contribution >= 4 is 17.8 Å². The van der Waals surface area contributed by atoms with Gasteiger partial charge in [0.15, 0.2) is 5.82 Å². The second-order valence-corrected chi connectivity index (χ2v) is 7.93. The van der Waals surface area contributed by atoms with Gasteiger partial charge in [-0.1, -0.05) is 44.2 Å². The number of hydrogen-bond donors (Lipinski definition) is 2. The lowest BCUT2D eigenvalue weighted by atomic mass is 10.0. The van der Waals surface area contributed by atoms with Crippen molar-refractivity contribution in [3.63, 3.8) is 0 Å². The van der Waals surface area contributed by atoms with E-state index < -0.39 is 6.04 Å². The maximum absolute atomic E-state index is 13.2. The van der Waals surface area contributed by atoms with Crippen LogP contribution in [0.3, 0.4) is 0 Å². The standard InChI is InChI=1S/C23H25N5O3/c1-14(2)12-18(28-13-15-8-4-5-9-16(15)22(28)30)21(29)25-23-24-20(26-27-23)17-10-6-7-11-19(17)31-3/h4-11,14,18H,12-13H2,1-3H3,(H2,24,25,26,27,29)/t18-/m0/s1. The highest BCUT2D eigenvalue weighted by atomic mass is 16.5. The molecule has 0 spiro atoms. The molecule has 0 aliphatic carbocycles. The summed E-state index contributed by atoms with van der Waals surface area (Å²) in [5, 5.41) is 9.74. The lowest BCUT2D eigenvalue weighted by Crippen LogP contribution is -2.45. The van der Waals surface area contributed by atoms with Crippen molar-refractivity contribution in [2.75, 3.05) is 12.4 Å². The van der Waals surface area contributed by atoms with Crippen molar-refractivity contribution < 1.29 is 14.3 Å². The Hall–Kier alpha value is -3.68. The molecule has 3 aromatic rings.